The number of imidazole rings is 1. The first-order chi connectivity index (χ1) is 14.0. The first-order valence-electron chi connectivity index (χ1n) is 8.44. The molecule has 8 nitrogen and oxygen atoms in total. The van der Waals surface area contributed by atoms with E-state index in [9.17, 15) is 20.0 Å². The second kappa shape index (κ2) is 9.03. The fourth-order valence-corrected chi connectivity index (χ4v) is 2.88. The Morgan fingerprint density at radius 3 is 2.76 bits per heavy atom. The number of aromatic amines is 1. The van der Waals surface area contributed by atoms with Gasteiger partial charge in [-0.3, -0.25) is 9.59 Å². The Balaban J connectivity index is 1.59. The number of fused-ring (bicyclic) bond motifs is 1. The number of carbonyl (C=O) groups excluding carboxylic acids is 2. The van der Waals surface area contributed by atoms with E-state index in [4.69, 9.17) is 4.74 Å². The van der Waals surface area contributed by atoms with Crippen LogP contribution in [0.1, 0.15) is 16.2 Å². The van der Waals surface area contributed by atoms with Crippen LogP contribution in [0.3, 0.4) is 0 Å². The molecule has 1 heterocycles. The third-order valence-electron chi connectivity index (χ3n) is 3.88. The summed E-state index contributed by atoms with van der Waals surface area (Å²) in [4.78, 5) is 31.0. The molecule has 3 rings (SSSR count). The third-order valence-corrected chi connectivity index (χ3v) is 4.37. The second-order valence-corrected chi connectivity index (χ2v) is 6.81. The molecule has 0 aliphatic heterocycles. The molecular weight excluding hydrogens is 440 g/mol. The number of nitriles is 1. The van der Waals surface area contributed by atoms with Crippen LogP contribution in [0.2, 0.25) is 0 Å². The van der Waals surface area contributed by atoms with Gasteiger partial charge in [0.15, 0.2) is 11.6 Å². The summed E-state index contributed by atoms with van der Waals surface area (Å²) in [5, 5.41) is 21.9. The molecule has 0 bridgehead atoms. The molecule has 1 amide bonds. The number of H-pyrrole nitrogens is 1. The fraction of sp³-hybridized carbons (Fsp3) is 0.100. The van der Waals surface area contributed by atoms with Crippen LogP contribution in [-0.4, -0.2) is 40.1 Å². The van der Waals surface area contributed by atoms with E-state index in [0.717, 1.165) is 4.47 Å². The number of aliphatic hydroxyl groups excluding tert-OH is 1. The fourth-order valence-electron chi connectivity index (χ4n) is 2.48. The number of benzene rings is 2. The van der Waals surface area contributed by atoms with Crippen LogP contribution in [0.4, 0.5) is 0 Å². The maximum Gasteiger partial charge on any atom is 0.325 e. The number of rotatable bonds is 6. The highest BCUT2D eigenvalue weighted by Crippen LogP contribution is 2.18. The summed E-state index contributed by atoms with van der Waals surface area (Å²) in [6.45, 7) is -0.906. The Hall–Kier alpha value is -3.64. The molecule has 0 saturated heterocycles. The highest BCUT2D eigenvalue weighted by Gasteiger charge is 2.15. The smallest absolute Gasteiger partial charge is 0.325 e. The molecular formula is C20H15BrN4O4. The van der Waals surface area contributed by atoms with Crippen LogP contribution in [-0.2, 0) is 9.53 Å². The molecule has 0 spiro atoms. The van der Waals surface area contributed by atoms with Crippen molar-refractivity contribution in [3.63, 3.8) is 0 Å². The Bertz CT molecular complexity index is 1110. The molecule has 0 unspecified atom stereocenters. The Morgan fingerprint density at radius 2 is 2.03 bits per heavy atom. The van der Waals surface area contributed by atoms with E-state index < -0.39 is 24.2 Å². The first-order valence-corrected chi connectivity index (χ1v) is 9.24. The van der Waals surface area contributed by atoms with Gasteiger partial charge in [-0.05, 0) is 30.3 Å². The lowest BCUT2D eigenvalue weighted by Crippen LogP contribution is -2.31. The minimum absolute atomic E-state index is 0.132. The van der Waals surface area contributed by atoms with Gasteiger partial charge >= 0.3 is 5.97 Å². The van der Waals surface area contributed by atoms with Crippen LogP contribution in [0.15, 0.2) is 58.8 Å². The quantitative estimate of drug-likeness (QED) is 0.298. The van der Waals surface area contributed by atoms with Crippen LogP contribution in [0, 0.1) is 11.3 Å². The number of nitrogens with zero attached hydrogens (tertiary/aromatic N) is 2. The maximum atomic E-state index is 12.0. The third kappa shape index (κ3) is 5.00. The monoisotopic (exact) mass is 454 g/mol. The van der Waals surface area contributed by atoms with Crippen LogP contribution in [0.25, 0.3) is 16.6 Å². The van der Waals surface area contributed by atoms with Crippen molar-refractivity contribution in [2.24, 2.45) is 0 Å². The van der Waals surface area contributed by atoms with Crippen molar-refractivity contribution in [1.82, 2.24) is 15.3 Å². The number of allylic oxidation sites excluding steroid dienone is 1. The number of hydrogen-bond acceptors (Lipinski definition) is 6. The summed E-state index contributed by atoms with van der Waals surface area (Å²) >= 11 is 3.26. The van der Waals surface area contributed by atoms with Gasteiger partial charge in [0.2, 0.25) is 0 Å². The summed E-state index contributed by atoms with van der Waals surface area (Å²) in [6, 6.07) is 15.7. The molecule has 0 saturated carbocycles. The molecule has 29 heavy (non-hydrogen) atoms. The Kier molecular flexibility index (Phi) is 6.26. The summed E-state index contributed by atoms with van der Waals surface area (Å²) in [6.07, 6.45) is 0. The predicted molar refractivity (Wildman–Crippen MR) is 109 cm³/mol. The van der Waals surface area contributed by atoms with Gasteiger partial charge in [-0.1, -0.05) is 34.1 Å². The van der Waals surface area contributed by atoms with Gasteiger partial charge in [0.05, 0.1) is 11.0 Å². The molecule has 2 aromatic carbocycles. The number of para-hydroxylation sites is 2. The lowest BCUT2D eigenvalue weighted by atomic mass is 10.2. The van der Waals surface area contributed by atoms with E-state index in [1.807, 2.05) is 12.1 Å². The zero-order valence-electron chi connectivity index (χ0n) is 15.0. The molecule has 1 aromatic heterocycles. The molecule has 0 aliphatic carbocycles. The average molecular weight is 455 g/mol. The second-order valence-electron chi connectivity index (χ2n) is 5.89. The first kappa shape index (κ1) is 20.1. The molecule has 3 aromatic rings. The summed E-state index contributed by atoms with van der Waals surface area (Å²) in [5.74, 6) is -1.48. The Labute approximate surface area is 174 Å². The van der Waals surface area contributed by atoms with Gasteiger partial charge in [-0.15, -0.1) is 0 Å². The highest BCUT2D eigenvalue weighted by atomic mass is 79.9. The zero-order valence-corrected chi connectivity index (χ0v) is 16.6. The van der Waals surface area contributed by atoms with E-state index in [1.54, 1.807) is 42.5 Å². The normalized spacial score (nSPS) is 11.4. The number of ether oxygens (including phenoxy) is 1. The van der Waals surface area contributed by atoms with Crippen LogP contribution >= 0.6 is 15.9 Å². The zero-order chi connectivity index (χ0) is 20.8. The van der Waals surface area contributed by atoms with E-state index >= 15 is 0 Å². The minimum Gasteiger partial charge on any atom is -0.507 e. The van der Waals surface area contributed by atoms with Gasteiger partial charge in [0, 0.05) is 10.0 Å². The lowest BCUT2D eigenvalue weighted by Gasteiger charge is -2.07. The lowest BCUT2D eigenvalue weighted by molar-refractivity contribution is -0.142. The number of amides is 1. The van der Waals surface area contributed by atoms with Crippen molar-refractivity contribution in [3.05, 3.63) is 70.2 Å². The van der Waals surface area contributed by atoms with E-state index in [-0.39, 0.29) is 17.9 Å². The van der Waals surface area contributed by atoms with E-state index in [1.165, 1.54) is 0 Å². The van der Waals surface area contributed by atoms with Crippen LogP contribution in [0.5, 0.6) is 0 Å². The highest BCUT2D eigenvalue weighted by molar-refractivity contribution is 9.10. The molecule has 9 heteroatoms. The number of aromatic nitrogens is 2. The Morgan fingerprint density at radius 1 is 1.24 bits per heavy atom. The molecule has 3 N–H and O–H groups in total. The van der Waals surface area contributed by atoms with Crippen molar-refractivity contribution in [2.45, 2.75) is 0 Å². The van der Waals surface area contributed by atoms with Gasteiger partial charge in [0.1, 0.15) is 24.8 Å². The van der Waals surface area contributed by atoms with Gasteiger partial charge in [-0.2, -0.15) is 5.26 Å². The number of aliphatic hydroxyl groups is 1. The summed E-state index contributed by atoms with van der Waals surface area (Å²) in [5.41, 5.74) is 1.59. The van der Waals surface area contributed by atoms with E-state index in [2.05, 4.69) is 31.2 Å². The minimum atomic E-state index is -0.762. The standard InChI is InChI=1S/C20H15BrN4O4/c21-13-5-3-4-12(8-13)20(28)23-10-18(27)29-11-17(26)14(9-22)19-24-15-6-1-2-7-16(15)25-19/h1-8,26H,10-11H2,(H,23,28)(H,24,25)/b17-14-. The van der Waals surface area contributed by atoms with Crippen molar-refractivity contribution < 1.29 is 19.4 Å². The number of halogens is 1. The maximum absolute atomic E-state index is 12.0. The van der Waals surface area contributed by atoms with Crippen LogP contribution < -0.4 is 5.32 Å². The summed E-state index contributed by atoms with van der Waals surface area (Å²) in [7, 11) is 0. The largest absolute Gasteiger partial charge is 0.507 e. The summed E-state index contributed by atoms with van der Waals surface area (Å²) < 4.78 is 5.66. The molecule has 146 valence electrons. The van der Waals surface area contributed by atoms with Crippen molar-refractivity contribution in [1.29, 1.82) is 5.26 Å². The van der Waals surface area contributed by atoms with Crippen molar-refractivity contribution >= 4 is 44.4 Å². The number of carbonyl (C=O) groups is 2. The number of nitrogens with one attached hydrogen (secondary N) is 2. The van der Waals surface area contributed by atoms with Gasteiger partial charge < -0.3 is 20.1 Å². The predicted octanol–water partition coefficient (Wildman–Crippen LogP) is 3.09. The van der Waals surface area contributed by atoms with Crippen molar-refractivity contribution in [3.8, 4) is 6.07 Å². The molecule has 0 radical (unpaired) electrons. The molecule has 0 fully saturated rings. The van der Waals surface area contributed by atoms with Gasteiger partial charge in [-0.25, -0.2) is 4.98 Å². The topological polar surface area (TPSA) is 128 Å². The van der Waals surface area contributed by atoms with Crippen molar-refractivity contribution in [2.75, 3.05) is 13.2 Å². The van der Waals surface area contributed by atoms with Gasteiger partial charge in [0.25, 0.3) is 5.91 Å². The molecule has 0 aliphatic rings. The number of esters is 1. The van der Waals surface area contributed by atoms with E-state index in [0.29, 0.717) is 16.6 Å². The molecule has 0 atom stereocenters. The SMILES string of the molecule is N#C/C(=C(/O)COC(=O)CNC(=O)c1cccc(Br)c1)c1nc2ccccc2[nH]1. The average Bonchev–Trinajstić information content (AvgIpc) is 3.14. The number of hydrogen-bond donors (Lipinski definition) is 3.